The van der Waals surface area contributed by atoms with E-state index in [1.807, 2.05) is 13.2 Å². The molecular weight excluding hydrogens is 194 g/mol. The molecule has 0 bridgehead atoms. The van der Waals surface area contributed by atoms with E-state index in [0.29, 0.717) is 0 Å². The van der Waals surface area contributed by atoms with Crippen LogP contribution in [-0.4, -0.2) is 36.6 Å². The van der Waals surface area contributed by atoms with Crippen LogP contribution in [0.15, 0.2) is 11.6 Å². The van der Waals surface area contributed by atoms with Crippen LogP contribution in [0.5, 0.6) is 0 Å². The van der Waals surface area contributed by atoms with E-state index in [1.165, 1.54) is 18.0 Å². The highest BCUT2D eigenvalue weighted by atomic mass is 32.1. The molecule has 2 rings (SSSR count). The Morgan fingerprint density at radius 1 is 1.71 bits per heavy atom. The lowest BCUT2D eigenvalue weighted by molar-refractivity contribution is 0.303. The number of nitrogens with zero attached hydrogens (tertiary/aromatic N) is 2. The van der Waals surface area contributed by atoms with E-state index in [4.69, 9.17) is 0 Å². The second kappa shape index (κ2) is 3.96. The molecule has 1 N–H and O–H groups in total. The van der Waals surface area contributed by atoms with Gasteiger partial charge in [0.25, 0.3) is 0 Å². The van der Waals surface area contributed by atoms with Gasteiger partial charge in [-0.05, 0) is 20.0 Å². The standard InChI is InChI=1S/C10H17N3S/c1-3-13-6-4-10(8-13,11-2)9-12-5-7-14-9/h5,7,11H,3-4,6,8H2,1-2H3. The minimum Gasteiger partial charge on any atom is -0.307 e. The SMILES string of the molecule is CCN1CCC(NC)(c2nccs2)C1. The molecule has 1 aromatic rings. The molecule has 0 amide bonds. The fourth-order valence-corrected chi connectivity index (χ4v) is 2.97. The summed E-state index contributed by atoms with van der Waals surface area (Å²) in [6.45, 7) is 5.62. The first-order chi connectivity index (χ1) is 6.80. The predicted molar refractivity (Wildman–Crippen MR) is 59.6 cm³/mol. The molecule has 3 nitrogen and oxygen atoms in total. The summed E-state index contributed by atoms with van der Waals surface area (Å²) < 4.78 is 0. The van der Waals surface area contributed by atoms with Gasteiger partial charge in [0.15, 0.2) is 0 Å². The van der Waals surface area contributed by atoms with E-state index in [1.54, 1.807) is 11.3 Å². The average Bonchev–Trinajstić information content (AvgIpc) is 2.87. The van der Waals surface area contributed by atoms with Crippen LogP contribution in [0.25, 0.3) is 0 Å². The Morgan fingerprint density at radius 3 is 3.07 bits per heavy atom. The number of likely N-dealkylation sites (tertiary alicyclic amines) is 1. The third-order valence-corrected chi connectivity index (χ3v) is 4.09. The summed E-state index contributed by atoms with van der Waals surface area (Å²) >= 11 is 1.76. The summed E-state index contributed by atoms with van der Waals surface area (Å²) in [4.78, 5) is 6.91. The van der Waals surface area contributed by atoms with Gasteiger partial charge in [-0.25, -0.2) is 4.98 Å². The highest BCUT2D eigenvalue weighted by Gasteiger charge is 2.39. The van der Waals surface area contributed by atoms with Crippen LogP contribution in [0, 0.1) is 0 Å². The number of rotatable bonds is 3. The van der Waals surface area contributed by atoms with Crippen LogP contribution >= 0.6 is 11.3 Å². The normalized spacial score (nSPS) is 28.4. The largest absolute Gasteiger partial charge is 0.307 e. The number of nitrogens with one attached hydrogen (secondary N) is 1. The lowest BCUT2D eigenvalue weighted by Crippen LogP contribution is -2.42. The highest BCUT2D eigenvalue weighted by Crippen LogP contribution is 2.32. The van der Waals surface area contributed by atoms with Crippen molar-refractivity contribution in [1.82, 2.24) is 15.2 Å². The Bertz CT molecular complexity index is 286. The number of thiazole rings is 1. The first-order valence-corrected chi connectivity index (χ1v) is 6.00. The Morgan fingerprint density at radius 2 is 2.57 bits per heavy atom. The van der Waals surface area contributed by atoms with E-state index < -0.39 is 0 Å². The summed E-state index contributed by atoms with van der Waals surface area (Å²) in [7, 11) is 2.04. The third kappa shape index (κ3) is 1.58. The second-order valence-electron chi connectivity index (χ2n) is 3.79. The van der Waals surface area contributed by atoms with Gasteiger partial charge in [0.2, 0.25) is 0 Å². The molecule has 0 aromatic carbocycles. The third-order valence-electron chi connectivity index (χ3n) is 3.12. The summed E-state index contributed by atoms with van der Waals surface area (Å²) in [6, 6.07) is 0. The minimum absolute atomic E-state index is 0.115. The lowest BCUT2D eigenvalue weighted by atomic mass is 10.0. The van der Waals surface area contributed by atoms with Gasteiger partial charge in [0.05, 0.1) is 5.54 Å². The maximum atomic E-state index is 4.44. The topological polar surface area (TPSA) is 28.2 Å². The molecule has 1 aliphatic rings. The zero-order chi connectivity index (χ0) is 10.0. The molecule has 0 radical (unpaired) electrons. The summed E-state index contributed by atoms with van der Waals surface area (Å²) in [6.07, 6.45) is 3.07. The fraction of sp³-hybridized carbons (Fsp3) is 0.700. The molecule has 14 heavy (non-hydrogen) atoms. The molecule has 1 atom stereocenters. The van der Waals surface area contributed by atoms with E-state index in [9.17, 15) is 0 Å². The van der Waals surface area contributed by atoms with Crippen molar-refractivity contribution in [3.63, 3.8) is 0 Å². The van der Waals surface area contributed by atoms with Crippen molar-refractivity contribution in [2.24, 2.45) is 0 Å². The molecule has 78 valence electrons. The van der Waals surface area contributed by atoms with Crippen LogP contribution < -0.4 is 5.32 Å². The molecule has 1 aromatic heterocycles. The first-order valence-electron chi connectivity index (χ1n) is 5.12. The predicted octanol–water partition coefficient (Wildman–Crippen LogP) is 1.28. The average molecular weight is 211 g/mol. The Balaban J connectivity index is 2.20. The van der Waals surface area contributed by atoms with Crippen molar-refractivity contribution < 1.29 is 0 Å². The number of hydrogen-bond donors (Lipinski definition) is 1. The number of likely N-dealkylation sites (N-methyl/N-ethyl adjacent to an activating group) is 2. The van der Waals surface area contributed by atoms with Crippen molar-refractivity contribution in [2.75, 3.05) is 26.7 Å². The van der Waals surface area contributed by atoms with Crippen LogP contribution in [0.4, 0.5) is 0 Å². The van der Waals surface area contributed by atoms with Crippen molar-refractivity contribution >= 4 is 11.3 Å². The van der Waals surface area contributed by atoms with Gasteiger partial charge >= 0.3 is 0 Å². The van der Waals surface area contributed by atoms with Gasteiger partial charge in [-0.2, -0.15) is 0 Å². The van der Waals surface area contributed by atoms with E-state index in [-0.39, 0.29) is 5.54 Å². The van der Waals surface area contributed by atoms with Crippen molar-refractivity contribution in [2.45, 2.75) is 18.9 Å². The smallest absolute Gasteiger partial charge is 0.114 e. The van der Waals surface area contributed by atoms with Crippen molar-refractivity contribution in [1.29, 1.82) is 0 Å². The van der Waals surface area contributed by atoms with Crippen molar-refractivity contribution in [3.05, 3.63) is 16.6 Å². The maximum Gasteiger partial charge on any atom is 0.114 e. The molecule has 1 aliphatic heterocycles. The Labute approximate surface area is 89.1 Å². The highest BCUT2D eigenvalue weighted by molar-refractivity contribution is 7.09. The van der Waals surface area contributed by atoms with Gasteiger partial charge in [-0.15, -0.1) is 11.3 Å². The fourth-order valence-electron chi connectivity index (χ4n) is 2.10. The Hall–Kier alpha value is -0.450. The minimum atomic E-state index is 0.115. The lowest BCUT2D eigenvalue weighted by Gasteiger charge is -2.26. The van der Waals surface area contributed by atoms with Crippen LogP contribution in [0.3, 0.4) is 0 Å². The first kappa shape index (κ1) is 10.1. The van der Waals surface area contributed by atoms with Crippen LogP contribution in [0.1, 0.15) is 18.4 Å². The molecule has 1 fully saturated rings. The molecule has 1 saturated heterocycles. The monoisotopic (exact) mass is 211 g/mol. The quantitative estimate of drug-likeness (QED) is 0.816. The number of aromatic nitrogens is 1. The van der Waals surface area contributed by atoms with Gasteiger partial charge in [0, 0.05) is 24.7 Å². The van der Waals surface area contributed by atoms with Gasteiger partial charge in [-0.1, -0.05) is 6.92 Å². The zero-order valence-electron chi connectivity index (χ0n) is 8.79. The van der Waals surface area contributed by atoms with E-state index in [2.05, 4.69) is 27.5 Å². The molecule has 4 heteroatoms. The van der Waals surface area contributed by atoms with Gasteiger partial charge in [-0.3, -0.25) is 0 Å². The van der Waals surface area contributed by atoms with E-state index in [0.717, 1.165) is 13.1 Å². The van der Waals surface area contributed by atoms with Gasteiger partial charge < -0.3 is 10.2 Å². The Kier molecular flexibility index (Phi) is 2.85. The summed E-state index contributed by atoms with van der Waals surface area (Å²) in [5.74, 6) is 0. The second-order valence-corrected chi connectivity index (χ2v) is 4.68. The molecule has 0 spiro atoms. The van der Waals surface area contributed by atoms with E-state index >= 15 is 0 Å². The zero-order valence-corrected chi connectivity index (χ0v) is 9.60. The van der Waals surface area contributed by atoms with Crippen molar-refractivity contribution in [3.8, 4) is 0 Å². The molecule has 0 saturated carbocycles. The summed E-state index contributed by atoms with van der Waals surface area (Å²) in [5, 5.41) is 6.74. The molecular formula is C10H17N3S. The molecule has 0 aliphatic carbocycles. The van der Waals surface area contributed by atoms with Crippen LogP contribution in [0.2, 0.25) is 0 Å². The summed E-state index contributed by atoms with van der Waals surface area (Å²) in [5.41, 5.74) is 0.115. The van der Waals surface area contributed by atoms with Gasteiger partial charge in [0.1, 0.15) is 5.01 Å². The molecule has 2 heterocycles. The maximum absolute atomic E-state index is 4.44. The molecule has 1 unspecified atom stereocenters. The van der Waals surface area contributed by atoms with Crippen LogP contribution in [-0.2, 0) is 5.54 Å². The number of hydrogen-bond acceptors (Lipinski definition) is 4.